The minimum absolute atomic E-state index is 0.135. The topological polar surface area (TPSA) is 54.3 Å². The number of amides is 2. The highest BCUT2D eigenvalue weighted by Gasteiger charge is 2.44. The third-order valence-electron chi connectivity index (χ3n) is 4.11. The average Bonchev–Trinajstić information content (AvgIpc) is 3.10. The molecule has 1 aliphatic carbocycles. The van der Waals surface area contributed by atoms with Crippen LogP contribution in [0, 0.1) is 6.92 Å². The van der Waals surface area contributed by atoms with Gasteiger partial charge in [0.05, 0.1) is 12.8 Å². The van der Waals surface area contributed by atoms with Gasteiger partial charge in [-0.3, -0.25) is 0 Å². The fourth-order valence-electron chi connectivity index (χ4n) is 2.52. The van der Waals surface area contributed by atoms with Crippen LogP contribution in [0.4, 0.5) is 4.79 Å². The fraction of sp³-hybridized carbons (Fsp3) is 0.353. The number of benzene rings is 1. The van der Waals surface area contributed by atoms with Gasteiger partial charge in [0.1, 0.15) is 5.76 Å². The summed E-state index contributed by atoms with van der Waals surface area (Å²) in [5.41, 5.74) is 2.72. The van der Waals surface area contributed by atoms with Crippen LogP contribution in [0.5, 0.6) is 0 Å². The highest BCUT2D eigenvalue weighted by molar-refractivity contribution is 5.74. The summed E-state index contributed by atoms with van der Waals surface area (Å²) >= 11 is 0. The van der Waals surface area contributed by atoms with Gasteiger partial charge in [-0.1, -0.05) is 29.8 Å². The summed E-state index contributed by atoms with van der Waals surface area (Å²) in [5.74, 6) is 0.754. The molecule has 4 heteroatoms. The molecule has 0 aliphatic heterocycles. The zero-order valence-electron chi connectivity index (χ0n) is 12.2. The van der Waals surface area contributed by atoms with E-state index in [0.29, 0.717) is 13.1 Å². The molecule has 2 N–H and O–H groups in total. The van der Waals surface area contributed by atoms with E-state index in [9.17, 15) is 4.79 Å². The lowest BCUT2D eigenvalue weighted by Crippen LogP contribution is -2.39. The maximum atomic E-state index is 11.8. The third-order valence-corrected chi connectivity index (χ3v) is 4.11. The first-order chi connectivity index (χ1) is 10.2. The van der Waals surface area contributed by atoms with Gasteiger partial charge in [-0.15, -0.1) is 0 Å². The lowest BCUT2D eigenvalue weighted by Gasteiger charge is -2.17. The number of carbonyl (C=O) groups excluding carboxylic acids is 1. The number of hydrogen-bond donors (Lipinski definition) is 2. The highest BCUT2D eigenvalue weighted by atomic mass is 16.3. The molecule has 1 saturated carbocycles. The summed E-state index contributed by atoms with van der Waals surface area (Å²) < 4.78 is 5.18. The Kier molecular flexibility index (Phi) is 3.69. The third kappa shape index (κ3) is 3.27. The molecule has 1 aliphatic rings. The van der Waals surface area contributed by atoms with E-state index >= 15 is 0 Å². The van der Waals surface area contributed by atoms with Crippen LogP contribution >= 0.6 is 0 Å². The Balaban J connectivity index is 1.50. The van der Waals surface area contributed by atoms with E-state index in [4.69, 9.17) is 4.42 Å². The Hall–Kier alpha value is -2.23. The Morgan fingerprint density at radius 3 is 2.57 bits per heavy atom. The number of hydrogen-bond acceptors (Lipinski definition) is 2. The fourth-order valence-corrected chi connectivity index (χ4v) is 2.52. The average molecular weight is 284 g/mol. The second kappa shape index (κ2) is 5.64. The van der Waals surface area contributed by atoms with Crippen molar-refractivity contribution in [2.24, 2.45) is 0 Å². The zero-order valence-corrected chi connectivity index (χ0v) is 12.2. The van der Waals surface area contributed by atoms with E-state index in [1.54, 1.807) is 6.26 Å². The smallest absolute Gasteiger partial charge is 0.315 e. The first-order valence-electron chi connectivity index (χ1n) is 7.29. The number of nitrogens with one attached hydrogen (secondary N) is 2. The van der Waals surface area contributed by atoms with E-state index in [1.807, 2.05) is 12.1 Å². The summed E-state index contributed by atoms with van der Waals surface area (Å²) in [5, 5.41) is 5.77. The van der Waals surface area contributed by atoms with Gasteiger partial charge < -0.3 is 15.1 Å². The van der Waals surface area contributed by atoms with E-state index in [2.05, 4.69) is 41.8 Å². The van der Waals surface area contributed by atoms with Crippen molar-refractivity contribution in [1.29, 1.82) is 0 Å². The summed E-state index contributed by atoms with van der Waals surface area (Å²) in [6, 6.07) is 12.1. The Labute approximate surface area is 124 Å². The van der Waals surface area contributed by atoms with Crippen molar-refractivity contribution in [3.63, 3.8) is 0 Å². The number of rotatable bonds is 5. The summed E-state index contributed by atoms with van der Waals surface area (Å²) in [6.07, 6.45) is 3.87. The molecule has 0 bridgehead atoms. The van der Waals surface area contributed by atoms with Crippen molar-refractivity contribution in [3.05, 3.63) is 59.5 Å². The maximum Gasteiger partial charge on any atom is 0.315 e. The molecule has 3 rings (SSSR count). The van der Waals surface area contributed by atoms with Crippen molar-refractivity contribution < 1.29 is 9.21 Å². The Morgan fingerprint density at radius 1 is 1.19 bits per heavy atom. The van der Waals surface area contributed by atoms with Gasteiger partial charge in [0.15, 0.2) is 0 Å². The van der Waals surface area contributed by atoms with Gasteiger partial charge >= 0.3 is 6.03 Å². The van der Waals surface area contributed by atoms with Crippen LogP contribution in [0.2, 0.25) is 0 Å². The predicted octanol–water partition coefficient (Wildman–Crippen LogP) is 3.12. The van der Waals surface area contributed by atoms with Gasteiger partial charge in [0.25, 0.3) is 0 Å². The van der Waals surface area contributed by atoms with Crippen LogP contribution in [0.3, 0.4) is 0 Å². The van der Waals surface area contributed by atoms with Crippen molar-refractivity contribution in [3.8, 4) is 0 Å². The Morgan fingerprint density at radius 2 is 1.95 bits per heavy atom. The molecule has 1 fully saturated rings. The van der Waals surface area contributed by atoms with Crippen LogP contribution in [-0.4, -0.2) is 12.6 Å². The molecule has 1 aromatic heterocycles. The quantitative estimate of drug-likeness (QED) is 0.886. The van der Waals surface area contributed by atoms with Crippen LogP contribution in [-0.2, 0) is 12.0 Å². The van der Waals surface area contributed by atoms with E-state index in [-0.39, 0.29) is 11.4 Å². The molecule has 1 heterocycles. The highest BCUT2D eigenvalue weighted by Crippen LogP contribution is 2.47. The summed E-state index contributed by atoms with van der Waals surface area (Å²) in [4.78, 5) is 11.8. The molecule has 1 aromatic carbocycles. The van der Waals surface area contributed by atoms with Gasteiger partial charge in [0, 0.05) is 12.0 Å². The molecule has 2 amide bonds. The standard InChI is InChI=1S/C17H20N2O2/c1-13-4-6-14(7-5-13)17(8-9-17)12-19-16(20)18-11-15-3-2-10-21-15/h2-7,10H,8-9,11-12H2,1H3,(H2,18,19,20). The molecular weight excluding hydrogens is 264 g/mol. The molecule has 110 valence electrons. The molecule has 0 saturated heterocycles. The molecule has 0 unspecified atom stereocenters. The van der Waals surface area contributed by atoms with Crippen molar-refractivity contribution in [1.82, 2.24) is 10.6 Å². The monoisotopic (exact) mass is 284 g/mol. The molecule has 0 radical (unpaired) electrons. The second-order valence-electron chi connectivity index (χ2n) is 5.76. The molecule has 0 atom stereocenters. The van der Waals surface area contributed by atoms with Crippen LogP contribution in [0.1, 0.15) is 29.7 Å². The van der Waals surface area contributed by atoms with Crippen LogP contribution < -0.4 is 10.6 Å². The van der Waals surface area contributed by atoms with E-state index < -0.39 is 0 Å². The minimum atomic E-state index is -0.148. The van der Waals surface area contributed by atoms with E-state index in [0.717, 1.165) is 18.6 Å². The second-order valence-corrected chi connectivity index (χ2v) is 5.76. The zero-order chi connectivity index (χ0) is 14.7. The number of aryl methyl sites for hydroxylation is 1. The van der Waals surface area contributed by atoms with Crippen LogP contribution in [0.15, 0.2) is 47.1 Å². The van der Waals surface area contributed by atoms with Crippen molar-refractivity contribution in [2.75, 3.05) is 6.54 Å². The van der Waals surface area contributed by atoms with Gasteiger partial charge in [-0.25, -0.2) is 4.79 Å². The lowest BCUT2D eigenvalue weighted by molar-refractivity contribution is 0.238. The minimum Gasteiger partial charge on any atom is -0.467 e. The first-order valence-corrected chi connectivity index (χ1v) is 7.29. The molecule has 21 heavy (non-hydrogen) atoms. The van der Waals surface area contributed by atoms with Crippen molar-refractivity contribution in [2.45, 2.75) is 31.7 Å². The number of carbonyl (C=O) groups is 1. The van der Waals surface area contributed by atoms with Gasteiger partial charge in [-0.2, -0.15) is 0 Å². The Bertz CT molecular complexity index is 598. The molecular formula is C17H20N2O2. The summed E-state index contributed by atoms with van der Waals surface area (Å²) in [7, 11) is 0. The van der Waals surface area contributed by atoms with Crippen molar-refractivity contribution >= 4 is 6.03 Å². The van der Waals surface area contributed by atoms with Crippen LogP contribution in [0.25, 0.3) is 0 Å². The molecule has 4 nitrogen and oxygen atoms in total. The molecule has 0 spiro atoms. The van der Waals surface area contributed by atoms with Gasteiger partial charge in [0.2, 0.25) is 0 Å². The predicted molar refractivity (Wildman–Crippen MR) is 81.0 cm³/mol. The number of urea groups is 1. The van der Waals surface area contributed by atoms with Gasteiger partial charge in [-0.05, 0) is 37.5 Å². The number of furan rings is 1. The van der Waals surface area contributed by atoms with E-state index in [1.165, 1.54) is 11.1 Å². The molecule has 2 aromatic rings. The lowest BCUT2D eigenvalue weighted by atomic mass is 9.95. The first kappa shape index (κ1) is 13.7. The normalized spacial score (nSPS) is 15.5. The maximum absolute atomic E-state index is 11.8. The largest absolute Gasteiger partial charge is 0.467 e. The SMILES string of the molecule is Cc1ccc(C2(CNC(=O)NCc3ccco3)CC2)cc1. The summed E-state index contributed by atoms with van der Waals surface area (Å²) in [6.45, 7) is 3.18.